The minimum Gasteiger partial charge on any atom is -0.493 e. The lowest BCUT2D eigenvalue weighted by molar-refractivity contribution is -0.136. The number of methoxy groups -OCH3 is 1. The van der Waals surface area contributed by atoms with Crippen LogP contribution in [0.15, 0.2) is 48.5 Å². The van der Waals surface area contributed by atoms with Gasteiger partial charge in [0.15, 0.2) is 18.1 Å². The number of ether oxygens (including phenoxy) is 2. The van der Waals surface area contributed by atoms with Crippen LogP contribution in [0.4, 0.5) is 5.69 Å². The van der Waals surface area contributed by atoms with Gasteiger partial charge in [-0.15, -0.1) is 0 Å². The van der Waals surface area contributed by atoms with Crippen molar-refractivity contribution in [2.75, 3.05) is 32.1 Å². The number of carbonyl (C=O) groups is 2. The van der Waals surface area contributed by atoms with Crippen LogP contribution in [-0.4, -0.2) is 43.5 Å². The average Bonchev–Trinajstić information content (AvgIpc) is 2.78. The molecule has 0 unspecified atom stereocenters. The molecule has 1 saturated heterocycles. The van der Waals surface area contributed by atoms with E-state index in [-0.39, 0.29) is 24.3 Å². The van der Waals surface area contributed by atoms with Gasteiger partial charge in [-0.2, -0.15) is 0 Å². The van der Waals surface area contributed by atoms with Gasteiger partial charge < -0.3 is 19.7 Å². The summed E-state index contributed by atoms with van der Waals surface area (Å²) in [5.41, 5.74) is 2.01. The number of hydrogen-bond acceptors (Lipinski definition) is 4. The van der Waals surface area contributed by atoms with Crippen molar-refractivity contribution >= 4 is 17.5 Å². The number of rotatable bonds is 7. The fraction of sp³-hybridized carbons (Fsp3) is 0.391. The number of hydrogen-bond donors (Lipinski definition) is 1. The third-order valence-corrected chi connectivity index (χ3v) is 5.29. The lowest BCUT2D eigenvalue weighted by atomic mass is 9.95. The van der Waals surface area contributed by atoms with Crippen LogP contribution in [-0.2, 0) is 16.0 Å². The highest BCUT2D eigenvalue weighted by Crippen LogP contribution is 2.26. The quantitative estimate of drug-likeness (QED) is 0.778. The zero-order chi connectivity index (χ0) is 20.6. The summed E-state index contributed by atoms with van der Waals surface area (Å²) in [5, 5.41) is 3.05. The number of anilines is 1. The van der Waals surface area contributed by atoms with Crippen molar-refractivity contribution in [2.24, 2.45) is 5.92 Å². The lowest BCUT2D eigenvalue weighted by Gasteiger charge is -2.31. The molecule has 2 aromatic carbocycles. The van der Waals surface area contributed by atoms with Crippen LogP contribution < -0.4 is 14.8 Å². The summed E-state index contributed by atoms with van der Waals surface area (Å²) >= 11 is 0. The number of aryl methyl sites for hydroxylation is 1. The van der Waals surface area contributed by atoms with Crippen molar-refractivity contribution in [3.8, 4) is 11.5 Å². The number of nitrogens with one attached hydrogen (secondary N) is 1. The first kappa shape index (κ1) is 20.7. The van der Waals surface area contributed by atoms with E-state index in [2.05, 4.69) is 12.2 Å². The summed E-state index contributed by atoms with van der Waals surface area (Å²) in [6.45, 7) is 3.15. The number of nitrogens with zero attached hydrogens (tertiary/aromatic N) is 1. The molecule has 0 aliphatic carbocycles. The molecule has 0 atom stereocenters. The molecule has 1 N–H and O–H groups in total. The molecule has 154 valence electrons. The Bertz CT molecular complexity index is 844. The van der Waals surface area contributed by atoms with Gasteiger partial charge in [0.05, 0.1) is 7.11 Å². The minimum absolute atomic E-state index is 0.0308. The Labute approximate surface area is 171 Å². The van der Waals surface area contributed by atoms with E-state index < -0.39 is 0 Å². The van der Waals surface area contributed by atoms with Crippen molar-refractivity contribution in [1.82, 2.24) is 4.90 Å². The van der Waals surface area contributed by atoms with E-state index in [1.165, 1.54) is 0 Å². The van der Waals surface area contributed by atoms with Gasteiger partial charge in [-0.05, 0) is 43.0 Å². The van der Waals surface area contributed by atoms with Crippen LogP contribution in [0, 0.1) is 5.92 Å². The zero-order valence-corrected chi connectivity index (χ0v) is 17.0. The SMILES string of the molecule is CCc1ccccc1NC(=O)C1CCN(C(=O)COc2ccccc2OC)CC1. The van der Waals surface area contributed by atoms with Gasteiger partial charge in [0.1, 0.15) is 0 Å². The van der Waals surface area contributed by atoms with Crippen LogP contribution >= 0.6 is 0 Å². The summed E-state index contributed by atoms with van der Waals surface area (Å²) in [4.78, 5) is 26.9. The second-order valence-corrected chi connectivity index (χ2v) is 7.09. The monoisotopic (exact) mass is 396 g/mol. The number of piperidine rings is 1. The van der Waals surface area contributed by atoms with E-state index in [1.54, 1.807) is 24.1 Å². The smallest absolute Gasteiger partial charge is 0.260 e. The van der Waals surface area contributed by atoms with Crippen LogP contribution in [0.25, 0.3) is 0 Å². The Hall–Kier alpha value is -3.02. The summed E-state index contributed by atoms with van der Waals surface area (Å²) in [5.74, 6) is 1.02. The van der Waals surface area contributed by atoms with E-state index in [0.29, 0.717) is 37.4 Å². The molecule has 29 heavy (non-hydrogen) atoms. The molecule has 0 spiro atoms. The fourth-order valence-electron chi connectivity index (χ4n) is 3.55. The third kappa shape index (κ3) is 5.28. The predicted octanol–water partition coefficient (Wildman–Crippen LogP) is 3.51. The Balaban J connectivity index is 1.48. The van der Waals surface area contributed by atoms with Gasteiger partial charge in [0.25, 0.3) is 5.91 Å². The average molecular weight is 396 g/mol. The second kappa shape index (κ2) is 9.96. The highest BCUT2D eigenvalue weighted by Gasteiger charge is 2.28. The molecule has 6 heteroatoms. The lowest BCUT2D eigenvalue weighted by Crippen LogP contribution is -2.43. The van der Waals surface area contributed by atoms with Crippen molar-refractivity contribution in [3.05, 3.63) is 54.1 Å². The molecule has 0 radical (unpaired) electrons. The van der Waals surface area contributed by atoms with Crippen molar-refractivity contribution in [1.29, 1.82) is 0 Å². The first-order valence-corrected chi connectivity index (χ1v) is 10.0. The maximum Gasteiger partial charge on any atom is 0.260 e. The molecule has 1 heterocycles. The van der Waals surface area contributed by atoms with E-state index >= 15 is 0 Å². The number of amides is 2. The van der Waals surface area contributed by atoms with Gasteiger partial charge in [0, 0.05) is 24.7 Å². The van der Waals surface area contributed by atoms with Crippen molar-refractivity contribution in [3.63, 3.8) is 0 Å². The maximum atomic E-state index is 12.6. The van der Waals surface area contributed by atoms with Crippen LogP contribution in [0.3, 0.4) is 0 Å². The Morgan fingerprint density at radius 1 is 1.03 bits per heavy atom. The van der Waals surface area contributed by atoms with Gasteiger partial charge in [-0.1, -0.05) is 37.3 Å². The molecule has 1 aliphatic heterocycles. The van der Waals surface area contributed by atoms with Gasteiger partial charge in [0.2, 0.25) is 5.91 Å². The standard InChI is InChI=1S/C23H28N2O4/c1-3-17-8-4-5-9-19(17)24-23(27)18-12-14-25(15-13-18)22(26)16-29-21-11-7-6-10-20(21)28-2/h4-11,18H,3,12-16H2,1-2H3,(H,24,27). The second-order valence-electron chi connectivity index (χ2n) is 7.09. The zero-order valence-electron chi connectivity index (χ0n) is 17.0. The number of likely N-dealkylation sites (tertiary alicyclic amines) is 1. The largest absolute Gasteiger partial charge is 0.493 e. The summed E-state index contributed by atoms with van der Waals surface area (Å²) in [6.07, 6.45) is 2.18. The molecule has 1 fully saturated rings. The predicted molar refractivity (Wildman–Crippen MR) is 112 cm³/mol. The molecule has 0 bridgehead atoms. The molecule has 3 rings (SSSR count). The number of benzene rings is 2. The Morgan fingerprint density at radius 3 is 2.38 bits per heavy atom. The van der Waals surface area contributed by atoms with Gasteiger partial charge in [-0.25, -0.2) is 0 Å². The van der Waals surface area contributed by atoms with Crippen LogP contribution in [0.2, 0.25) is 0 Å². The topological polar surface area (TPSA) is 67.9 Å². The number of carbonyl (C=O) groups excluding carboxylic acids is 2. The van der Waals surface area contributed by atoms with E-state index in [9.17, 15) is 9.59 Å². The third-order valence-electron chi connectivity index (χ3n) is 5.29. The normalized spacial score (nSPS) is 14.3. The molecular formula is C23H28N2O4. The van der Waals surface area contributed by atoms with E-state index in [1.807, 2.05) is 36.4 Å². The van der Waals surface area contributed by atoms with E-state index in [4.69, 9.17) is 9.47 Å². The first-order valence-electron chi connectivity index (χ1n) is 10.0. The molecule has 2 aromatic rings. The molecular weight excluding hydrogens is 368 g/mol. The Morgan fingerprint density at radius 2 is 1.69 bits per heavy atom. The van der Waals surface area contributed by atoms with Gasteiger partial charge in [-0.3, -0.25) is 9.59 Å². The van der Waals surface area contributed by atoms with Crippen LogP contribution in [0.1, 0.15) is 25.3 Å². The molecule has 6 nitrogen and oxygen atoms in total. The molecule has 2 amide bonds. The highest BCUT2D eigenvalue weighted by molar-refractivity contribution is 5.93. The molecule has 0 saturated carbocycles. The molecule has 0 aromatic heterocycles. The number of para-hydroxylation sites is 3. The highest BCUT2D eigenvalue weighted by atomic mass is 16.5. The van der Waals surface area contributed by atoms with E-state index in [0.717, 1.165) is 17.7 Å². The first-order chi connectivity index (χ1) is 14.1. The molecule has 1 aliphatic rings. The van der Waals surface area contributed by atoms with Crippen molar-refractivity contribution in [2.45, 2.75) is 26.2 Å². The minimum atomic E-state index is -0.0842. The van der Waals surface area contributed by atoms with Crippen LogP contribution in [0.5, 0.6) is 11.5 Å². The van der Waals surface area contributed by atoms with Gasteiger partial charge >= 0.3 is 0 Å². The van der Waals surface area contributed by atoms with Crippen molar-refractivity contribution < 1.29 is 19.1 Å². The maximum absolute atomic E-state index is 12.6. The summed E-state index contributed by atoms with van der Waals surface area (Å²) in [7, 11) is 1.57. The Kier molecular flexibility index (Phi) is 7.11. The summed E-state index contributed by atoms with van der Waals surface area (Å²) in [6, 6.07) is 15.1. The fourth-order valence-corrected chi connectivity index (χ4v) is 3.55. The summed E-state index contributed by atoms with van der Waals surface area (Å²) < 4.78 is 10.9.